The zero-order chi connectivity index (χ0) is 10.6. The monoisotopic (exact) mass is 230 g/mol. The molecule has 6 heteroatoms. The Bertz CT molecular complexity index is 322. The maximum Gasteiger partial charge on any atom is 0.356 e. The molecule has 1 aromatic heterocycles. The molecule has 0 aliphatic rings. The van der Waals surface area contributed by atoms with Gasteiger partial charge in [-0.3, -0.25) is 0 Å². The molecule has 0 fully saturated rings. The summed E-state index contributed by atoms with van der Waals surface area (Å²) in [6.07, 6.45) is 3.76. The van der Waals surface area contributed by atoms with E-state index in [4.69, 9.17) is 0 Å². The Hall–Kier alpha value is -0.750. The number of methoxy groups -OCH3 is 1. The number of esters is 1. The molecular weight excluding hydrogens is 220 g/mol. The molecule has 0 spiro atoms. The smallest absolute Gasteiger partial charge is 0.356 e. The Labute approximate surface area is 90.9 Å². The molecule has 0 aliphatic carbocycles. The first-order valence-electron chi connectivity index (χ1n) is 3.76. The van der Waals surface area contributed by atoms with Crippen molar-refractivity contribution in [3.05, 3.63) is 11.8 Å². The second-order valence-electron chi connectivity index (χ2n) is 2.27. The highest BCUT2D eigenvalue weighted by Crippen LogP contribution is 2.17. The molecule has 0 atom stereocenters. The zero-order valence-electron chi connectivity index (χ0n) is 8.10. The lowest BCUT2D eigenvalue weighted by molar-refractivity contribution is 0.0592. The molecule has 0 saturated carbocycles. The van der Waals surface area contributed by atoms with Crippen LogP contribution in [-0.2, 0) is 4.74 Å². The number of hydrogen-bond acceptors (Lipinski definition) is 6. The third-order valence-electron chi connectivity index (χ3n) is 1.47. The lowest BCUT2D eigenvalue weighted by atomic mass is 10.4. The Morgan fingerprint density at radius 3 is 2.57 bits per heavy atom. The van der Waals surface area contributed by atoms with Crippen molar-refractivity contribution in [2.75, 3.05) is 19.6 Å². The van der Waals surface area contributed by atoms with Gasteiger partial charge in [0, 0.05) is 6.07 Å². The van der Waals surface area contributed by atoms with Crippen molar-refractivity contribution in [1.29, 1.82) is 0 Å². The largest absolute Gasteiger partial charge is 0.464 e. The van der Waals surface area contributed by atoms with Crippen molar-refractivity contribution in [2.45, 2.75) is 10.2 Å². The number of carbonyl (C=O) groups is 1. The van der Waals surface area contributed by atoms with E-state index in [1.165, 1.54) is 30.6 Å². The predicted molar refractivity (Wildman–Crippen MR) is 56.9 cm³/mol. The highest BCUT2D eigenvalue weighted by molar-refractivity contribution is 7.99. The van der Waals surface area contributed by atoms with Crippen LogP contribution in [0, 0.1) is 0 Å². The third kappa shape index (κ3) is 2.62. The molecule has 14 heavy (non-hydrogen) atoms. The normalized spacial score (nSPS) is 9.93. The number of nitrogens with zero attached hydrogens (tertiary/aromatic N) is 2. The van der Waals surface area contributed by atoms with E-state index in [0.717, 1.165) is 5.03 Å². The molecule has 0 bridgehead atoms. The first-order chi connectivity index (χ1) is 6.71. The SMILES string of the molecule is COC(=O)c1cc(SC)nc(SC)n1. The summed E-state index contributed by atoms with van der Waals surface area (Å²) >= 11 is 2.87. The molecular formula is C8H10N2O2S2. The van der Waals surface area contributed by atoms with Gasteiger partial charge in [0.2, 0.25) is 0 Å². The van der Waals surface area contributed by atoms with Gasteiger partial charge >= 0.3 is 5.97 Å². The molecule has 0 N–H and O–H groups in total. The molecule has 1 heterocycles. The lowest BCUT2D eigenvalue weighted by Crippen LogP contribution is -2.06. The van der Waals surface area contributed by atoms with Crippen LogP contribution in [0.2, 0.25) is 0 Å². The fraction of sp³-hybridized carbons (Fsp3) is 0.375. The van der Waals surface area contributed by atoms with Crippen LogP contribution in [0.4, 0.5) is 0 Å². The average molecular weight is 230 g/mol. The van der Waals surface area contributed by atoms with Gasteiger partial charge in [-0.05, 0) is 12.5 Å². The van der Waals surface area contributed by atoms with Gasteiger partial charge in [0.15, 0.2) is 10.9 Å². The second kappa shape index (κ2) is 5.21. The van der Waals surface area contributed by atoms with Gasteiger partial charge in [0.1, 0.15) is 5.03 Å². The number of rotatable bonds is 3. The van der Waals surface area contributed by atoms with Crippen molar-refractivity contribution < 1.29 is 9.53 Å². The summed E-state index contributed by atoms with van der Waals surface area (Å²) in [6.45, 7) is 0. The summed E-state index contributed by atoms with van der Waals surface area (Å²) in [5.74, 6) is -0.432. The number of carbonyl (C=O) groups excluding carboxylic acids is 1. The van der Waals surface area contributed by atoms with Crippen LogP contribution in [-0.4, -0.2) is 35.6 Å². The third-order valence-corrected chi connectivity index (χ3v) is 2.64. The van der Waals surface area contributed by atoms with E-state index in [1.54, 1.807) is 6.07 Å². The Kier molecular flexibility index (Phi) is 4.21. The van der Waals surface area contributed by atoms with E-state index in [-0.39, 0.29) is 0 Å². The van der Waals surface area contributed by atoms with Crippen LogP contribution < -0.4 is 0 Å². The number of aromatic nitrogens is 2. The van der Waals surface area contributed by atoms with Crippen molar-refractivity contribution in [1.82, 2.24) is 9.97 Å². The summed E-state index contributed by atoms with van der Waals surface area (Å²) in [5, 5.41) is 1.35. The summed E-state index contributed by atoms with van der Waals surface area (Å²) in [4.78, 5) is 19.4. The highest BCUT2D eigenvalue weighted by Gasteiger charge is 2.10. The molecule has 0 unspecified atom stereocenters. The standard InChI is InChI=1S/C8H10N2O2S2/c1-12-7(11)5-4-6(13-2)10-8(9-5)14-3/h4H,1-3H3. The van der Waals surface area contributed by atoms with Crippen molar-refractivity contribution in [3.8, 4) is 0 Å². The topological polar surface area (TPSA) is 52.1 Å². The molecule has 0 saturated heterocycles. The van der Waals surface area contributed by atoms with Crippen molar-refractivity contribution in [3.63, 3.8) is 0 Å². The molecule has 76 valence electrons. The predicted octanol–water partition coefficient (Wildman–Crippen LogP) is 1.71. The lowest BCUT2D eigenvalue weighted by Gasteiger charge is -2.02. The minimum absolute atomic E-state index is 0.302. The van der Waals surface area contributed by atoms with Gasteiger partial charge in [0.05, 0.1) is 7.11 Å². The van der Waals surface area contributed by atoms with E-state index in [9.17, 15) is 4.79 Å². The van der Waals surface area contributed by atoms with Gasteiger partial charge < -0.3 is 4.74 Å². The van der Waals surface area contributed by atoms with Crippen LogP contribution in [0.15, 0.2) is 16.2 Å². The summed E-state index contributed by atoms with van der Waals surface area (Å²) < 4.78 is 4.59. The maximum atomic E-state index is 11.2. The quantitative estimate of drug-likeness (QED) is 0.341. The van der Waals surface area contributed by atoms with E-state index in [0.29, 0.717) is 10.9 Å². The highest BCUT2D eigenvalue weighted by atomic mass is 32.2. The van der Waals surface area contributed by atoms with Crippen molar-refractivity contribution >= 4 is 29.5 Å². The fourth-order valence-electron chi connectivity index (χ4n) is 0.809. The molecule has 0 amide bonds. The zero-order valence-corrected chi connectivity index (χ0v) is 9.74. The molecule has 0 aromatic carbocycles. The first kappa shape index (κ1) is 11.3. The first-order valence-corrected chi connectivity index (χ1v) is 6.21. The Balaban J connectivity index is 3.10. The molecule has 0 radical (unpaired) electrons. The van der Waals surface area contributed by atoms with Crippen LogP contribution in [0.3, 0.4) is 0 Å². The van der Waals surface area contributed by atoms with E-state index in [1.807, 2.05) is 12.5 Å². The van der Waals surface area contributed by atoms with Crippen LogP contribution >= 0.6 is 23.5 Å². The Morgan fingerprint density at radius 1 is 1.36 bits per heavy atom. The van der Waals surface area contributed by atoms with Crippen LogP contribution in [0.1, 0.15) is 10.5 Å². The van der Waals surface area contributed by atoms with Gasteiger partial charge in [-0.2, -0.15) is 0 Å². The molecule has 4 nitrogen and oxygen atoms in total. The fourth-order valence-corrected chi connectivity index (χ4v) is 1.65. The molecule has 1 rings (SSSR count). The van der Waals surface area contributed by atoms with Crippen LogP contribution in [0.5, 0.6) is 0 Å². The number of hydrogen-bond donors (Lipinski definition) is 0. The van der Waals surface area contributed by atoms with Crippen molar-refractivity contribution in [2.24, 2.45) is 0 Å². The van der Waals surface area contributed by atoms with Gasteiger partial charge in [-0.25, -0.2) is 14.8 Å². The summed E-state index contributed by atoms with van der Waals surface area (Å²) in [7, 11) is 1.34. The minimum atomic E-state index is -0.432. The van der Waals surface area contributed by atoms with Gasteiger partial charge in [-0.1, -0.05) is 11.8 Å². The second-order valence-corrected chi connectivity index (χ2v) is 3.87. The van der Waals surface area contributed by atoms with Gasteiger partial charge in [-0.15, -0.1) is 11.8 Å². The van der Waals surface area contributed by atoms with E-state index in [2.05, 4.69) is 14.7 Å². The van der Waals surface area contributed by atoms with Gasteiger partial charge in [0.25, 0.3) is 0 Å². The van der Waals surface area contributed by atoms with E-state index >= 15 is 0 Å². The summed E-state index contributed by atoms with van der Waals surface area (Å²) in [6, 6.07) is 1.62. The molecule has 1 aromatic rings. The average Bonchev–Trinajstić information content (AvgIpc) is 2.27. The number of thioether (sulfide) groups is 2. The summed E-state index contributed by atoms with van der Waals surface area (Å²) in [5.41, 5.74) is 0.302. The molecule has 0 aliphatic heterocycles. The number of ether oxygens (including phenoxy) is 1. The minimum Gasteiger partial charge on any atom is -0.464 e. The van der Waals surface area contributed by atoms with E-state index < -0.39 is 5.97 Å². The maximum absolute atomic E-state index is 11.2. The van der Waals surface area contributed by atoms with Crippen LogP contribution in [0.25, 0.3) is 0 Å². The Morgan fingerprint density at radius 2 is 2.07 bits per heavy atom.